The van der Waals surface area contributed by atoms with E-state index in [1.807, 2.05) is 0 Å². The average Bonchev–Trinajstić information content (AvgIpc) is 2.84. The molecule has 1 aliphatic carbocycles. The van der Waals surface area contributed by atoms with Gasteiger partial charge in [0, 0.05) is 12.6 Å². The molecular formula is C12H20N2O3S2. The summed E-state index contributed by atoms with van der Waals surface area (Å²) in [4.78, 5) is 4.02. The van der Waals surface area contributed by atoms with Crippen LogP contribution in [-0.4, -0.2) is 42.0 Å². The van der Waals surface area contributed by atoms with Crippen molar-refractivity contribution in [2.45, 2.75) is 49.3 Å². The molecule has 7 heteroatoms. The van der Waals surface area contributed by atoms with Crippen molar-refractivity contribution in [2.24, 2.45) is 0 Å². The summed E-state index contributed by atoms with van der Waals surface area (Å²) in [7, 11) is -3.51. The Labute approximate surface area is 118 Å². The molecule has 0 atom stereocenters. The molecule has 1 aromatic rings. The van der Waals surface area contributed by atoms with Crippen LogP contribution in [0.15, 0.2) is 10.4 Å². The highest BCUT2D eigenvalue weighted by Crippen LogP contribution is 2.29. The molecule has 0 radical (unpaired) electrons. The van der Waals surface area contributed by atoms with E-state index in [-0.39, 0.29) is 23.4 Å². The number of aromatic nitrogens is 1. The monoisotopic (exact) mass is 304 g/mol. The van der Waals surface area contributed by atoms with E-state index in [1.54, 1.807) is 6.92 Å². The maximum absolute atomic E-state index is 12.6. The van der Waals surface area contributed by atoms with Crippen LogP contribution in [0.5, 0.6) is 0 Å². The summed E-state index contributed by atoms with van der Waals surface area (Å²) < 4.78 is 27.0. The number of sulfonamides is 1. The van der Waals surface area contributed by atoms with Crippen molar-refractivity contribution in [3.8, 4) is 0 Å². The fourth-order valence-electron chi connectivity index (χ4n) is 2.54. The lowest BCUT2D eigenvalue weighted by Crippen LogP contribution is -2.42. The van der Waals surface area contributed by atoms with Crippen molar-refractivity contribution >= 4 is 21.4 Å². The van der Waals surface area contributed by atoms with Crippen LogP contribution in [-0.2, 0) is 10.0 Å². The first kappa shape index (κ1) is 14.9. The van der Waals surface area contributed by atoms with Gasteiger partial charge in [-0.3, -0.25) is 0 Å². The molecule has 0 spiro atoms. The van der Waals surface area contributed by atoms with Crippen molar-refractivity contribution in [1.82, 2.24) is 9.29 Å². The van der Waals surface area contributed by atoms with Crippen molar-refractivity contribution in [1.29, 1.82) is 0 Å². The van der Waals surface area contributed by atoms with Gasteiger partial charge >= 0.3 is 0 Å². The normalized spacial score (nSPS) is 18.1. The number of nitrogens with zero attached hydrogens (tertiary/aromatic N) is 2. The minimum Gasteiger partial charge on any atom is -0.395 e. The number of hydrogen-bond donors (Lipinski definition) is 1. The maximum Gasteiger partial charge on any atom is 0.254 e. The largest absolute Gasteiger partial charge is 0.395 e. The van der Waals surface area contributed by atoms with Gasteiger partial charge in [0.1, 0.15) is 0 Å². The summed E-state index contributed by atoms with van der Waals surface area (Å²) in [6.45, 7) is 1.82. The summed E-state index contributed by atoms with van der Waals surface area (Å²) in [5.41, 5.74) is 0. The second-order valence-electron chi connectivity index (χ2n) is 4.83. The van der Waals surface area contributed by atoms with Gasteiger partial charge in [0.05, 0.1) is 17.8 Å². The summed E-state index contributed by atoms with van der Waals surface area (Å²) in [6, 6.07) is 0.0216. The summed E-state index contributed by atoms with van der Waals surface area (Å²) in [5, 5.41) is 9.91. The van der Waals surface area contributed by atoms with Crippen LogP contribution in [0.2, 0.25) is 0 Å². The van der Waals surface area contributed by atoms with Gasteiger partial charge in [-0.15, -0.1) is 11.3 Å². The molecule has 0 aromatic carbocycles. The third-order valence-corrected chi connectivity index (χ3v) is 6.77. The van der Waals surface area contributed by atoms with E-state index in [4.69, 9.17) is 5.11 Å². The number of rotatable bonds is 5. The Kier molecular flexibility index (Phi) is 4.94. The van der Waals surface area contributed by atoms with E-state index in [9.17, 15) is 8.42 Å². The zero-order valence-corrected chi connectivity index (χ0v) is 12.7. The Bertz CT molecular complexity index is 507. The summed E-state index contributed by atoms with van der Waals surface area (Å²) >= 11 is 1.19. The first-order valence-electron chi connectivity index (χ1n) is 6.61. The lowest BCUT2D eigenvalue weighted by Gasteiger charge is -2.32. The molecule has 1 N–H and O–H groups in total. The highest BCUT2D eigenvalue weighted by atomic mass is 32.2. The molecule has 0 saturated heterocycles. The lowest BCUT2D eigenvalue weighted by atomic mass is 9.95. The quantitative estimate of drug-likeness (QED) is 0.900. The van der Waals surface area contributed by atoms with Gasteiger partial charge in [-0.25, -0.2) is 13.4 Å². The molecule has 0 aliphatic heterocycles. The van der Waals surface area contributed by atoms with Gasteiger partial charge < -0.3 is 5.11 Å². The minimum absolute atomic E-state index is 0.0216. The van der Waals surface area contributed by atoms with E-state index < -0.39 is 10.0 Å². The van der Waals surface area contributed by atoms with Crippen LogP contribution in [0.4, 0.5) is 0 Å². The maximum atomic E-state index is 12.6. The fourth-order valence-corrected chi connectivity index (χ4v) is 5.46. The van der Waals surface area contributed by atoms with Crippen molar-refractivity contribution in [3.05, 3.63) is 11.2 Å². The van der Waals surface area contributed by atoms with Crippen LogP contribution >= 0.6 is 11.3 Å². The van der Waals surface area contributed by atoms with Gasteiger partial charge in [-0.1, -0.05) is 19.3 Å². The zero-order valence-electron chi connectivity index (χ0n) is 11.1. The first-order chi connectivity index (χ1) is 9.05. The Balaban J connectivity index is 2.26. The molecule has 0 unspecified atom stereocenters. The lowest BCUT2D eigenvalue weighted by molar-refractivity contribution is 0.199. The van der Waals surface area contributed by atoms with Crippen LogP contribution in [0, 0.1) is 6.92 Å². The van der Waals surface area contributed by atoms with Gasteiger partial charge in [-0.2, -0.15) is 4.31 Å². The average molecular weight is 304 g/mol. The Hall–Kier alpha value is -0.500. The van der Waals surface area contributed by atoms with E-state index >= 15 is 0 Å². The number of hydrogen-bond acceptors (Lipinski definition) is 5. The van der Waals surface area contributed by atoms with Crippen LogP contribution < -0.4 is 0 Å². The first-order valence-corrected chi connectivity index (χ1v) is 8.86. The molecule has 1 saturated carbocycles. The van der Waals surface area contributed by atoms with Gasteiger partial charge in [0.15, 0.2) is 4.21 Å². The SMILES string of the molecule is Cc1ncc(S(=O)(=O)N(CCO)C2CCCCC2)s1. The van der Waals surface area contributed by atoms with E-state index in [0.717, 1.165) is 30.7 Å². The Morgan fingerprint density at radius 3 is 2.63 bits per heavy atom. The van der Waals surface area contributed by atoms with Gasteiger partial charge in [0.25, 0.3) is 10.0 Å². The summed E-state index contributed by atoms with van der Waals surface area (Å²) in [5.74, 6) is 0. The van der Waals surface area contributed by atoms with E-state index in [1.165, 1.54) is 28.3 Å². The third kappa shape index (κ3) is 3.34. The molecule has 19 heavy (non-hydrogen) atoms. The van der Waals surface area contributed by atoms with Crippen molar-refractivity contribution in [3.63, 3.8) is 0 Å². The fraction of sp³-hybridized carbons (Fsp3) is 0.750. The number of thiazole rings is 1. The van der Waals surface area contributed by atoms with Crippen LogP contribution in [0.25, 0.3) is 0 Å². The molecule has 1 heterocycles. The predicted octanol–water partition coefficient (Wildman–Crippen LogP) is 1.77. The predicted molar refractivity (Wildman–Crippen MR) is 74.7 cm³/mol. The molecule has 1 aromatic heterocycles. The van der Waals surface area contributed by atoms with Crippen LogP contribution in [0.3, 0.4) is 0 Å². The number of aliphatic hydroxyl groups is 1. The Morgan fingerprint density at radius 2 is 2.11 bits per heavy atom. The summed E-state index contributed by atoms with van der Waals surface area (Å²) in [6.07, 6.45) is 6.48. The number of aryl methyl sites for hydroxylation is 1. The van der Waals surface area contributed by atoms with Crippen molar-refractivity contribution < 1.29 is 13.5 Å². The molecule has 1 aliphatic rings. The second kappa shape index (κ2) is 6.30. The molecule has 5 nitrogen and oxygen atoms in total. The van der Waals surface area contributed by atoms with Crippen LogP contribution in [0.1, 0.15) is 37.1 Å². The van der Waals surface area contributed by atoms with Gasteiger partial charge in [-0.05, 0) is 19.8 Å². The molecular weight excluding hydrogens is 284 g/mol. The molecule has 1 fully saturated rings. The topological polar surface area (TPSA) is 70.5 Å². The molecule has 2 rings (SSSR count). The van der Waals surface area contributed by atoms with E-state index in [2.05, 4.69) is 4.98 Å². The minimum atomic E-state index is -3.51. The smallest absolute Gasteiger partial charge is 0.254 e. The number of aliphatic hydroxyl groups excluding tert-OH is 1. The zero-order chi connectivity index (χ0) is 13.9. The Morgan fingerprint density at radius 1 is 1.42 bits per heavy atom. The molecule has 0 amide bonds. The third-order valence-electron chi connectivity index (χ3n) is 3.47. The highest BCUT2D eigenvalue weighted by molar-refractivity contribution is 7.91. The molecule has 108 valence electrons. The standard InChI is InChI=1S/C12H20N2O3S2/c1-10-13-9-12(18-10)19(16,17)14(7-8-15)11-5-3-2-4-6-11/h9,11,15H,2-8H2,1H3. The second-order valence-corrected chi connectivity index (χ2v) is 8.18. The van der Waals surface area contributed by atoms with Gasteiger partial charge in [0.2, 0.25) is 0 Å². The van der Waals surface area contributed by atoms with E-state index in [0.29, 0.717) is 0 Å². The molecule has 0 bridgehead atoms. The highest BCUT2D eigenvalue weighted by Gasteiger charge is 2.33. The van der Waals surface area contributed by atoms with Crippen molar-refractivity contribution in [2.75, 3.05) is 13.2 Å².